The first-order valence-electron chi connectivity index (χ1n) is 6.12. The number of nitrogens with one attached hydrogen (secondary N) is 1. The Morgan fingerprint density at radius 2 is 2.17 bits per heavy atom. The zero-order valence-corrected chi connectivity index (χ0v) is 11.8. The van der Waals surface area contributed by atoms with E-state index < -0.39 is 0 Å². The quantitative estimate of drug-likeness (QED) is 0.914. The van der Waals surface area contributed by atoms with Gasteiger partial charge in [0.2, 0.25) is 0 Å². The highest BCUT2D eigenvalue weighted by molar-refractivity contribution is 6.30. The van der Waals surface area contributed by atoms with E-state index >= 15 is 0 Å². The number of hydrogen-bond donors (Lipinski definition) is 1. The van der Waals surface area contributed by atoms with Crippen molar-refractivity contribution in [1.29, 1.82) is 0 Å². The average molecular weight is 264 g/mol. The van der Waals surface area contributed by atoms with Crippen LogP contribution in [0.15, 0.2) is 24.3 Å². The lowest BCUT2D eigenvalue weighted by Gasteiger charge is -2.07. The average Bonchev–Trinajstić information content (AvgIpc) is 2.61. The summed E-state index contributed by atoms with van der Waals surface area (Å²) in [5.41, 5.74) is 4.48. The van der Waals surface area contributed by atoms with Gasteiger partial charge < -0.3 is 5.32 Å². The van der Waals surface area contributed by atoms with E-state index in [-0.39, 0.29) is 0 Å². The van der Waals surface area contributed by atoms with E-state index in [1.54, 1.807) is 4.68 Å². The van der Waals surface area contributed by atoms with E-state index in [9.17, 15) is 0 Å². The van der Waals surface area contributed by atoms with Crippen LogP contribution in [0.2, 0.25) is 5.15 Å². The van der Waals surface area contributed by atoms with E-state index in [0.29, 0.717) is 11.7 Å². The van der Waals surface area contributed by atoms with Gasteiger partial charge in [0, 0.05) is 24.8 Å². The summed E-state index contributed by atoms with van der Waals surface area (Å²) < 4.78 is 1.70. The fraction of sp³-hybridized carbons (Fsp3) is 0.357. The van der Waals surface area contributed by atoms with Crippen LogP contribution in [-0.4, -0.2) is 9.78 Å². The summed E-state index contributed by atoms with van der Waals surface area (Å²) in [7, 11) is 1.86. The molecule has 0 unspecified atom stereocenters. The largest absolute Gasteiger partial charge is 0.381 e. The van der Waals surface area contributed by atoms with Crippen molar-refractivity contribution in [2.75, 3.05) is 5.32 Å². The number of aromatic nitrogens is 2. The molecule has 1 aromatic carbocycles. The summed E-state index contributed by atoms with van der Waals surface area (Å²) >= 11 is 6.20. The fourth-order valence-corrected chi connectivity index (χ4v) is 2.21. The molecular formula is C14H18ClN3. The molecule has 0 aliphatic rings. The smallest absolute Gasteiger partial charge is 0.131 e. The third-order valence-electron chi connectivity index (χ3n) is 3.07. The van der Waals surface area contributed by atoms with Crippen LogP contribution < -0.4 is 5.32 Å². The molecule has 0 spiro atoms. The highest BCUT2D eigenvalue weighted by atomic mass is 35.5. The lowest BCUT2D eigenvalue weighted by molar-refractivity contribution is 0.757. The van der Waals surface area contributed by atoms with E-state index in [0.717, 1.165) is 23.4 Å². The van der Waals surface area contributed by atoms with Gasteiger partial charge in [-0.05, 0) is 31.0 Å². The summed E-state index contributed by atoms with van der Waals surface area (Å²) in [5.74, 6) is 0. The number of benzene rings is 1. The van der Waals surface area contributed by atoms with Crippen molar-refractivity contribution in [1.82, 2.24) is 9.78 Å². The van der Waals surface area contributed by atoms with Crippen molar-refractivity contribution in [2.24, 2.45) is 7.05 Å². The van der Waals surface area contributed by atoms with Gasteiger partial charge in [0.15, 0.2) is 0 Å². The Bertz CT molecular complexity index is 546. The number of aryl methyl sites for hydroxylation is 3. The Hall–Kier alpha value is -1.48. The topological polar surface area (TPSA) is 29.9 Å². The number of hydrogen-bond acceptors (Lipinski definition) is 2. The van der Waals surface area contributed by atoms with Gasteiger partial charge >= 0.3 is 0 Å². The van der Waals surface area contributed by atoms with Crippen molar-refractivity contribution in [3.63, 3.8) is 0 Å². The van der Waals surface area contributed by atoms with Gasteiger partial charge in [-0.2, -0.15) is 5.10 Å². The van der Waals surface area contributed by atoms with Gasteiger partial charge in [0.25, 0.3) is 0 Å². The van der Waals surface area contributed by atoms with Gasteiger partial charge in [0.1, 0.15) is 5.15 Å². The van der Waals surface area contributed by atoms with Crippen LogP contribution in [0.25, 0.3) is 0 Å². The van der Waals surface area contributed by atoms with Crippen LogP contribution in [0, 0.1) is 6.92 Å². The Balaban J connectivity index is 2.11. The Labute approximate surface area is 113 Å². The van der Waals surface area contributed by atoms with E-state index in [4.69, 9.17) is 11.6 Å². The molecule has 1 N–H and O–H groups in total. The van der Waals surface area contributed by atoms with Gasteiger partial charge in [-0.3, -0.25) is 4.68 Å². The molecule has 18 heavy (non-hydrogen) atoms. The van der Waals surface area contributed by atoms with Crippen LogP contribution in [-0.2, 0) is 20.0 Å². The van der Waals surface area contributed by atoms with Crippen LogP contribution in [0.1, 0.15) is 23.7 Å². The SMILES string of the molecule is CCc1cccc(NCc2c(C)nn(C)c2Cl)c1. The molecule has 1 aromatic heterocycles. The van der Waals surface area contributed by atoms with E-state index in [1.165, 1.54) is 5.56 Å². The second-order valence-electron chi connectivity index (χ2n) is 4.39. The van der Waals surface area contributed by atoms with Crippen LogP contribution >= 0.6 is 11.6 Å². The first kappa shape index (κ1) is 13.0. The Morgan fingerprint density at radius 1 is 1.39 bits per heavy atom. The standard InChI is InChI=1S/C14H18ClN3/c1-4-11-6-5-7-12(8-11)16-9-13-10(2)17-18(3)14(13)15/h5-8,16H,4,9H2,1-3H3. The molecule has 0 atom stereocenters. The molecule has 0 aliphatic carbocycles. The number of rotatable bonds is 4. The second-order valence-corrected chi connectivity index (χ2v) is 4.74. The molecule has 0 amide bonds. The first-order chi connectivity index (χ1) is 8.61. The molecule has 2 aromatic rings. The van der Waals surface area contributed by atoms with E-state index in [2.05, 4.69) is 41.6 Å². The normalized spacial score (nSPS) is 10.7. The lowest BCUT2D eigenvalue weighted by atomic mass is 10.1. The molecular weight excluding hydrogens is 246 g/mol. The predicted molar refractivity (Wildman–Crippen MR) is 76.1 cm³/mol. The minimum Gasteiger partial charge on any atom is -0.381 e. The molecule has 96 valence electrons. The third-order valence-corrected chi connectivity index (χ3v) is 3.55. The van der Waals surface area contributed by atoms with Crippen LogP contribution in [0.5, 0.6) is 0 Å². The monoisotopic (exact) mass is 263 g/mol. The highest BCUT2D eigenvalue weighted by Crippen LogP contribution is 2.20. The second kappa shape index (κ2) is 5.44. The van der Waals surface area contributed by atoms with Crippen molar-refractivity contribution in [3.05, 3.63) is 46.2 Å². The zero-order chi connectivity index (χ0) is 13.1. The Kier molecular flexibility index (Phi) is 3.92. The molecule has 0 radical (unpaired) electrons. The number of halogens is 1. The summed E-state index contributed by atoms with van der Waals surface area (Å²) in [6.45, 7) is 4.83. The molecule has 0 bridgehead atoms. The molecule has 3 nitrogen and oxygen atoms in total. The molecule has 1 heterocycles. The van der Waals surface area contributed by atoms with E-state index in [1.807, 2.05) is 14.0 Å². The molecule has 0 saturated carbocycles. The fourth-order valence-electron chi connectivity index (χ4n) is 1.97. The molecule has 0 aliphatic heterocycles. The molecule has 0 fully saturated rings. The number of nitrogens with zero attached hydrogens (tertiary/aromatic N) is 2. The maximum atomic E-state index is 6.20. The molecule has 0 saturated heterocycles. The summed E-state index contributed by atoms with van der Waals surface area (Å²) in [6, 6.07) is 8.44. The van der Waals surface area contributed by atoms with Gasteiger partial charge in [-0.1, -0.05) is 30.7 Å². The van der Waals surface area contributed by atoms with Crippen molar-refractivity contribution in [2.45, 2.75) is 26.8 Å². The van der Waals surface area contributed by atoms with Gasteiger partial charge in [-0.25, -0.2) is 0 Å². The van der Waals surface area contributed by atoms with Crippen molar-refractivity contribution in [3.8, 4) is 0 Å². The van der Waals surface area contributed by atoms with Gasteiger partial charge in [0.05, 0.1) is 5.69 Å². The third kappa shape index (κ3) is 2.67. The number of anilines is 1. The minimum absolute atomic E-state index is 0.700. The minimum atomic E-state index is 0.700. The van der Waals surface area contributed by atoms with Gasteiger partial charge in [-0.15, -0.1) is 0 Å². The molecule has 4 heteroatoms. The highest BCUT2D eigenvalue weighted by Gasteiger charge is 2.10. The zero-order valence-electron chi connectivity index (χ0n) is 11.0. The molecule has 2 rings (SSSR count). The summed E-state index contributed by atoms with van der Waals surface area (Å²) in [5, 5.41) is 8.39. The van der Waals surface area contributed by atoms with Crippen molar-refractivity contribution < 1.29 is 0 Å². The lowest BCUT2D eigenvalue weighted by Crippen LogP contribution is -2.01. The maximum Gasteiger partial charge on any atom is 0.131 e. The van der Waals surface area contributed by atoms with Crippen LogP contribution in [0.4, 0.5) is 5.69 Å². The first-order valence-corrected chi connectivity index (χ1v) is 6.50. The maximum absolute atomic E-state index is 6.20. The summed E-state index contributed by atoms with van der Waals surface area (Å²) in [4.78, 5) is 0. The van der Waals surface area contributed by atoms with Crippen molar-refractivity contribution >= 4 is 17.3 Å². The summed E-state index contributed by atoms with van der Waals surface area (Å²) in [6.07, 6.45) is 1.04. The predicted octanol–water partition coefficient (Wildman–Crippen LogP) is 3.56. The Morgan fingerprint density at radius 3 is 2.78 bits per heavy atom. The van der Waals surface area contributed by atoms with Crippen LogP contribution in [0.3, 0.4) is 0 Å².